The minimum Gasteiger partial charge on any atom is -0.301 e. The second-order valence-corrected chi connectivity index (χ2v) is 6.40. The molecular weight excluding hydrogens is 292 g/mol. The highest BCUT2D eigenvalue weighted by Gasteiger charge is 2.25. The van der Waals surface area contributed by atoms with E-state index in [9.17, 15) is 4.79 Å². The van der Waals surface area contributed by atoms with Gasteiger partial charge >= 0.3 is 0 Å². The maximum atomic E-state index is 11.9. The fourth-order valence-corrected chi connectivity index (χ4v) is 3.49. The standard InChI is InChI=1S/C15H15ClN2OS/c16-12-8-4-1-5-10(12)9-13-14(19)18-15(20-13)17-11-6-2-3-7-11/h1,4-5,8-9,11H,2-3,6-7H2,(H,17,18,19)/b13-9+. The van der Waals surface area contributed by atoms with Crippen LogP contribution in [-0.2, 0) is 4.79 Å². The van der Waals surface area contributed by atoms with Crippen molar-refractivity contribution in [1.82, 2.24) is 5.32 Å². The zero-order chi connectivity index (χ0) is 13.9. The number of rotatable bonds is 2. The molecule has 2 aliphatic rings. The summed E-state index contributed by atoms with van der Waals surface area (Å²) in [6, 6.07) is 7.87. The predicted octanol–water partition coefficient (Wildman–Crippen LogP) is 3.84. The first-order valence-corrected chi connectivity index (χ1v) is 7.95. The first-order chi connectivity index (χ1) is 9.72. The third-order valence-electron chi connectivity index (χ3n) is 3.47. The summed E-state index contributed by atoms with van der Waals surface area (Å²) >= 11 is 7.51. The van der Waals surface area contributed by atoms with Crippen LogP contribution >= 0.6 is 23.4 Å². The molecule has 1 N–H and O–H groups in total. The monoisotopic (exact) mass is 306 g/mol. The Kier molecular flexibility index (Phi) is 4.13. The van der Waals surface area contributed by atoms with Crippen LogP contribution in [0.4, 0.5) is 0 Å². The Hall–Kier alpha value is -1.26. The Morgan fingerprint density at radius 2 is 2.05 bits per heavy atom. The van der Waals surface area contributed by atoms with Gasteiger partial charge in [-0.2, -0.15) is 0 Å². The van der Waals surface area contributed by atoms with Gasteiger partial charge in [-0.15, -0.1) is 0 Å². The van der Waals surface area contributed by atoms with Gasteiger partial charge in [0, 0.05) is 5.02 Å². The van der Waals surface area contributed by atoms with Gasteiger partial charge in [-0.1, -0.05) is 42.6 Å². The third kappa shape index (κ3) is 3.07. The summed E-state index contributed by atoms with van der Waals surface area (Å²) < 4.78 is 0. The molecule has 5 heteroatoms. The van der Waals surface area contributed by atoms with E-state index in [0.717, 1.165) is 23.6 Å². The van der Waals surface area contributed by atoms with Crippen molar-refractivity contribution in [2.24, 2.45) is 4.99 Å². The van der Waals surface area contributed by atoms with Gasteiger partial charge in [-0.25, -0.2) is 0 Å². The highest BCUT2D eigenvalue weighted by Crippen LogP contribution is 2.30. The van der Waals surface area contributed by atoms with Crippen LogP contribution in [0.1, 0.15) is 31.2 Å². The number of hydrogen-bond acceptors (Lipinski definition) is 3. The van der Waals surface area contributed by atoms with Gasteiger partial charge in [-0.3, -0.25) is 9.79 Å². The Balaban J connectivity index is 1.78. The van der Waals surface area contributed by atoms with Crippen molar-refractivity contribution in [3.05, 3.63) is 39.8 Å². The second-order valence-electron chi connectivity index (χ2n) is 4.96. The fraction of sp³-hybridized carbons (Fsp3) is 0.333. The molecule has 0 radical (unpaired) electrons. The molecule has 0 aromatic heterocycles. The number of thioether (sulfide) groups is 1. The van der Waals surface area contributed by atoms with Gasteiger partial charge in [0.25, 0.3) is 5.91 Å². The molecule has 0 unspecified atom stereocenters. The van der Waals surface area contributed by atoms with Gasteiger partial charge in [0.05, 0.1) is 10.9 Å². The van der Waals surface area contributed by atoms with Crippen molar-refractivity contribution >= 4 is 40.5 Å². The van der Waals surface area contributed by atoms with Gasteiger partial charge in [-0.05, 0) is 42.3 Å². The summed E-state index contributed by atoms with van der Waals surface area (Å²) in [5.41, 5.74) is 0.855. The summed E-state index contributed by atoms with van der Waals surface area (Å²) in [6.45, 7) is 0. The fourth-order valence-electron chi connectivity index (χ4n) is 2.42. The van der Waals surface area contributed by atoms with E-state index in [1.165, 1.54) is 24.6 Å². The molecule has 0 bridgehead atoms. The molecule has 0 spiro atoms. The Morgan fingerprint density at radius 3 is 2.80 bits per heavy atom. The van der Waals surface area contributed by atoms with Crippen LogP contribution in [0, 0.1) is 0 Å². The lowest BCUT2D eigenvalue weighted by Crippen LogP contribution is -2.21. The van der Waals surface area contributed by atoms with Crippen LogP contribution in [0.25, 0.3) is 6.08 Å². The molecule has 1 saturated carbocycles. The molecular formula is C15H15ClN2OS. The molecule has 20 heavy (non-hydrogen) atoms. The number of amides is 1. The van der Waals surface area contributed by atoms with E-state index in [-0.39, 0.29) is 5.91 Å². The number of hydrogen-bond donors (Lipinski definition) is 1. The van der Waals surface area contributed by atoms with E-state index in [2.05, 4.69) is 10.3 Å². The van der Waals surface area contributed by atoms with Crippen LogP contribution in [0.15, 0.2) is 34.2 Å². The predicted molar refractivity (Wildman–Crippen MR) is 84.9 cm³/mol. The van der Waals surface area contributed by atoms with E-state index in [0.29, 0.717) is 16.0 Å². The molecule has 1 aromatic carbocycles. The summed E-state index contributed by atoms with van der Waals surface area (Å²) in [6.07, 6.45) is 6.55. The number of nitrogens with one attached hydrogen (secondary N) is 1. The summed E-state index contributed by atoms with van der Waals surface area (Å²) in [4.78, 5) is 17.2. The van der Waals surface area contributed by atoms with Crippen molar-refractivity contribution < 1.29 is 4.79 Å². The summed E-state index contributed by atoms with van der Waals surface area (Å²) in [5, 5.41) is 4.20. The van der Waals surface area contributed by atoms with E-state index < -0.39 is 0 Å². The molecule has 1 amide bonds. The number of amidine groups is 1. The molecule has 1 saturated heterocycles. The van der Waals surface area contributed by atoms with Crippen molar-refractivity contribution in [2.75, 3.05) is 0 Å². The molecule has 104 valence electrons. The summed E-state index contributed by atoms with van der Waals surface area (Å²) in [7, 11) is 0. The van der Waals surface area contributed by atoms with Crippen LogP contribution in [0.3, 0.4) is 0 Å². The first-order valence-electron chi connectivity index (χ1n) is 6.75. The minimum absolute atomic E-state index is 0.0910. The molecule has 3 rings (SSSR count). The van der Waals surface area contributed by atoms with Gasteiger partial charge < -0.3 is 5.32 Å². The average molecular weight is 307 g/mol. The van der Waals surface area contributed by atoms with Gasteiger partial charge in [0.15, 0.2) is 5.17 Å². The first kappa shape index (κ1) is 13.7. The van der Waals surface area contributed by atoms with Crippen LogP contribution < -0.4 is 5.32 Å². The highest BCUT2D eigenvalue weighted by molar-refractivity contribution is 8.18. The summed E-state index contributed by atoms with van der Waals surface area (Å²) in [5.74, 6) is -0.0910. The number of aliphatic imine (C=N–C) groups is 1. The second kappa shape index (κ2) is 6.02. The quantitative estimate of drug-likeness (QED) is 0.843. The van der Waals surface area contributed by atoms with E-state index in [4.69, 9.17) is 11.6 Å². The van der Waals surface area contributed by atoms with E-state index in [1.54, 1.807) is 0 Å². The van der Waals surface area contributed by atoms with E-state index >= 15 is 0 Å². The zero-order valence-corrected chi connectivity index (χ0v) is 12.5. The molecule has 2 fully saturated rings. The lowest BCUT2D eigenvalue weighted by molar-refractivity contribution is -0.115. The molecule has 1 aliphatic carbocycles. The number of halogens is 1. The van der Waals surface area contributed by atoms with Crippen LogP contribution in [0.2, 0.25) is 5.02 Å². The number of nitrogens with zero attached hydrogens (tertiary/aromatic N) is 1. The normalized spacial score (nSPS) is 23.8. The van der Waals surface area contributed by atoms with Gasteiger partial charge in [0.1, 0.15) is 0 Å². The van der Waals surface area contributed by atoms with Crippen molar-refractivity contribution in [3.63, 3.8) is 0 Å². The maximum Gasteiger partial charge on any atom is 0.264 e. The largest absolute Gasteiger partial charge is 0.301 e. The Labute approximate surface area is 127 Å². The Morgan fingerprint density at radius 1 is 1.30 bits per heavy atom. The van der Waals surface area contributed by atoms with Crippen molar-refractivity contribution in [3.8, 4) is 0 Å². The van der Waals surface area contributed by atoms with Crippen LogP contribution in [-0.4, -0.2) is 17.1 Å². The third-order valence-corrected chi connectivity index (χ3v) is 4.74. The lowest BCUT2D eigenvalue weighted by Gasteiger charge is -2.02. The van der Waals surface area contributed by atoms with Gasteiger partial charge in [0.2, 0.25) is 0 Å². The molecule has 3 nitrogen and oxygen atoms in total. The average Bonchev–Trinajstić information content (AvgIpc) is 3.04. The molecule has 1 aliphatic heterocycles. The van der Waals surface area contributed by atoms with Crippen molar-refractivity contribution in [1.29, 1.82) is 0 Å². The molecule has 1 heterocycles. The zero-order valence-electron chi connectivity index (χ0n) is 10.9. The maximum absolute atomic E-state index is 11.9. The van der Waals surface area contributed by atoms with Crippen LogP contribution in [0.5, 0.6) is 0 Å². The number of carbonyl (C=O) groups is 1. The Bertz CT molecular complexity index is 591. The number of benzene rings is 1. The minimum atomic E-state index is -0.0910. The highest BCUT2D eigenvalue weighted by atomic mass is 35.5. The smallest absolute Gasteiger partial charge is 0.264 e. The van der Waals surface area contributed by atoms with Crippen molar-refractivity contribution in [2.45, 2.75) is 31.7 Å². The van der Waals surface area contributed by atoms with E-state index in [1.807, 2.05) is 30.3 Å². The number of carbonyl (C=O) groups excluding carboxylic acids is 1. The topological polar surface area (TPSA) is 41.5 Å². The molecule has 1 aromatic rings. The lowest BCUT2D eigenvalue weighted by atomic mass is 10.2. The SMILES string of the molecule is O=C1NC(=NC2CCCC2)S/C1=C/c1ccccc1Cl. The molecule has 0 atom stereocenters.